The lowest BCUT2D eigenvalue weighted by molar-refractivity contribution is -0.130. The van der Waals surface area contributed by atoms with Crippen LogP contribution >= 0.6 is 34.7 Å². The zero-order valence-corrected chi connectivity index (χ0v) is 18.8. The van der Waals surface area contributed by atoms with Crippen molar-refractivity contribution in [2.75, 3.05) is 36.8 Å². The number of piperazine rings is 1. The molecule has 1 aliphatic rings. The maximum atomic E-state index is 12.5. The predicted molar refractivity (Wildman–Crippen MR) is 118 cm³/mol. The molecule has 156 valence electrons. The fourth-order valence-corrected chi connectivity index (χ4v) is 4.75. The Bertz CT molecular complexity index is 835. The summed E-state index contributed by atoms with van der Waals surface area (Å²) in [6, 6.07) is 7.52. The standard InChI is InChI=1S/C19H24ClN5O2S2/c1-13(2)21-16(26)12-28-19-23-22-18(29-19)25-9-7-24(8-10-25)17(27)11-14-3-5-15(20)6-4-14/h3-6,13H,7-12H2,1-2H3,(H,21,26). The van der Waals surface area contributed by atoms with Gasteiger partial charge in [-0.15, -0.1) is 10.2 Å². The SMILES string of the molecule is CC(C)NC(=O)CSc1nnc(N2CCN(C(=O)Cc3ccc(Cl)cc3)CC2)s1. The van der Waals surface area contributed by atoms with Crippen LogP contribution in [0.1, 0.15) is 19.4 Å². The Balaban J connectivity index is 1.45. The Morgan fingerprint density at radius 3 is 2.52 bits per heavy atom. The van der Waals surface area contributed by atoms with E-state index in [1.807, 2.05) is 30.9 Å². The van der Waals surface area contributed by atoms with Crippen molar-refractivity contribution in [1.82, 2.24) is 20.4 Å². The normalized spacial score (nSPS) is 14.3. The van der Waals surface area contributed by atoms with Gasteiger partial charge in [0.1, 0.15) is 0 Å². The summed E-state index contributed by atoms with van der Waals surface area (Å²) in [5.41, 5.74) is 0.967. The van der Waals surface area contributed by atoms with Crippen molar-refractivity contribution in [3.63, 3.8) is 0 Å². The van der Waals surface area contributed by atoms with Gasteiger partial charge in [0.25, 0.3) is 0 Å². The van der Waals surface area contributed by atoms with E-state index in [-0.39, 0.29) is 17.9 Å². The quantitative estimate of drug-likeness (QED) is 0.649. The van der Waals surface area contributed by atoms with Gasteiger partial charge in [0.2, 0.25) is 16.9 Å². The summed E-state index contributed by atoms with van der Waals surface area (Å²) in [5.74, 6) is 0.450. The van der Waals surface area contributed by atoms with Crippen LogP contribution in [0, 0.1) is 0 Å². The molecule has 0 unspecified atom stereocenters. The first kappa shape index (κ1) is 21.9. The molecule has 29 heavy (non-hydrogen) atoms. The van der Waals surface area contributed by atoms with Crippen molar-refractivity contribution in [1.29, 1.82) is 0 Å². The van der Waals surface area contributed by atoms with Crippen molar-refractivity contribution in [3.8, 4) is 0 Å². The van der Waals surface area contributed by atoms with Crippen LogP contribution in [-0.2, 0) is 16.0 Å². The second-order valence-electron chi connectivity index (χ2n) is 7.03. The average Bonchev–Trinajstić information content (AvgIpc) is 3.17. The highest BCUT2D eigenvalue weighted by Crippen LogP contribution is 2.28. The van der Waals surface area contributed by atoms with Crippen molar-refractivity contribution in [2.45, 2.75) is 30.6 Å². The molecule has 0 bridgehead atoms. The van der Waals surface area contributed by atoms with Gasteiger partial charge in [-0.05, 0) is 31.5 Å². The lowest BCUT2D eigenvalue weighted by Gasteiger charge is -2.34. The Kier molecular flexibility index (Phi) is 7.74. The maximum Gasteiger partial charge on any atom is 0.230 e. The maximum absolute atomic E-state index is 12.5. The van der Waals surface area contributed by atoms with Crippen LogP contribution in [-0.4, -0.2) is 64.9 Å². The minimum absolute atomic E-state index is 0.00503. The van der Waals surface area contributed by atoms with E-state index in [0.717, 1.165) is 28.1 Å². The Morgan fingerprint density at radius 1 is 1.17 bits per heavy atom. The zero-order valence-electron chi connectivity index (χ0n) is 16.4. The van der Waals surface area contributed by atoms with Crippen molar-refractivity contribution >= 4 is 51.6 Å². The number of nitrogens with zero attached hydrogens (tertiary/aromatic N) is 4. The second kappa shape index (κ2) is 10.3. The molecule has 0 radical (unpaired) electrons. The molecule has 1 aliphatic heterocycles. The van der Waals surface area contributed by atoms with E-state index in [1.165, 1.54) is 23.1 Å². The summed E-state index contributed by atoms with van der Waals surface area (Å²) in [5, 5.41) is 12.8. The highest BCUT2D eigenvalue weighted by atomic mass is 35.5. The van der Waals surface area contributed by atoms with E-state index in [4.69, 9.17) is 11.6 Å². The first-order valence-corrected chi connectivity index (χ1v) is 11.6. The van der Waals surface area contributed by atoms with Gasteiger partial charge in [0.15, 0.2) is 4.34 Å². The van der Waals surface area contributed by atoms with Crippen LogP contribution < -0.4 is 10.2 Å². The largest absolute Gasteiger partial charge is 0.353 e. The number of benzene rings is 1. The summed E-state index contributed by atoms with van der Waals surface area (Å²) in [6.45, 7) is 6.63. The molecule has 3 rings (SSSR count). The van der Waals surface area contributed by atoms with E-state index in [0.29, 0.717) is 30.3 Å². The van der Waals surface area contributed by atoms with Gasteiger partial charge in [-0.2, -0.15) is 0 Å². The number of anilines is 1. The number of carbonyl (C=O) groups excluding carboxylic acids is 2. The zero-order chi connectivity index (χ0) is 20.8. The van der Waals surface area contributed by atoms with E-state index < -0.39 is 0 Å². The third kappa shape index (κ3) is 6.58. The first-order valence-electron chi connectivity index (χ1n) is 9.43. The number of nitrogens with one attached hydrogen (secondary N) is 1. The minimum Gasteiger partial charge on any atom is -0.353 e. The van der Waals surface area contributed by atoms with Gasteiger partial charge in [-0.1, -0.05) is 46.8 Å². The smallest absolute Gasteiger partial charge is 0.230 e. The number of rotatable bonds is 7. The van der Waals surface area contributed by atoms with Gasteiger partial charge in [-0.3, -0.25) is 9.59 Å². The predicted octanol–water partition coefficient (Wildman–Crippen LogP) is 2.70. The molecule has 0 atom stereocenters. The fraction of sp³-hybridized carbons (Fsp3) is 0.474. The molecule has 1 saturated heterocycles. The van der Waals surface area contributed by atoms with Crippen LogP contribution in [0.25, 0.3) is 0 Å². The van der Waals surface area contributed by atoms with Crippen LogP contribution in [0.4, 0.5) is 5.13 Å². The van der Waals surface area contributed by atoms with Crippen molar-refractivity contribution in [3.05, 3.63) is 34.9 Å². The molecular weight excluding hydrogens is 430 g/mol. The van der Waals surface area contributed by atoms with E-state index in [9.17, 15) is 9.59 Å². The van der Waals surface area contributed by atoms with Crippen LogP contribution in [0.15, 0.2) is 28.6 Å². The highest BCUT2D eigenvalue weighted by molar-refractivity contribution is 8.01. The summed E-state index contributed by atoms with van der Waals surface area (Å²) in [6.07, 6.45) is 0.384. The Labute approximate surface area is 183 Å². The number of halogens is 1. The summed E-state index contributed by atoms with van der Waals surface area (Å²) in [7, 11) is 0. The second-order valence-corrected chi connectivity index (χ2v) is 9.65. The van der Waals surface area contributed by atoms with E-state index in [2.05, 4.69) is 20.4 Å². The molecule has 1 fully saturated rings. The molecule has 1 aromatic heterocycles. The molecule has 0 saturated carbocycles. The molecule has 2 heterocycles. The first-order chi connectivity index (χ1) is 13.9. The van der Waals surface area contributed by atoms with Crippen LogP contribution in [0.3, 0.4) is 0 Å². The molecule has 10 heteroatoms. The summed E-state index contributed by atoms with van der Waals surface area (Å²) >= 11 is 8.78. The molecule has 0 aliphatic carbocycles. The molecule has 7 nitrogen and oxygen atoms in total. The number of hydrogen-bond donors (Lipinski definition) is 1. The third-order valence-corrected chi connectivity index (χ3v) is 6.71. The number of amides is 2. The van der Waals surface area contributed by atoms with Crippen molar-refractivity contribution < 1.29 is 9.59 Å². The monoisotopic (exact) mass is 453 g/mol. The lowest BCUT2D eigenvalue weighted by atomic mass is 10.1. The summed E-state index contributed by atoms with van der Waals surface area (Å²) in [4.78, 5) is 28.3. The molecular formula is C19H24ClN5O2S2. The van der Waals surface area contributed by atoms with Crippen molar-refractivity contribution in [2.24, 2.45) is 0 Å². The fourth-order valence-electron chi connectivity index (χ4n) is 2.92. The van der Waals surface area contributed by atoms with Gasteiger partial charge >= 0.3 is 0 Å². The van der Waals surface area contributed by atoms with Crippen LogP contribution in [0.2, 0.25) is 5.02 Å². The number of carbonyl (C=O) groups is 2. The van der Waals surface area contributed by atoms with Gasteiger partial charge in [0.05, 0.1) is 12.2 Å². The molecule has 0 spiro atoms. The molecule has 2 aromatic rings. The minimum atomic E-state index is -0.00503. The van der Waals surface area contributed by atoms with Crippen LogP contribution in [0.5, 0.6) is 0 Å². The molecule has 2 amide bonds. The Morgan fingerprint density at radius 2 is 1.86 bits per heavy atom. The number of hydrogen-bond acceptors (Lipinski definition) is 7. The molecule has 1 aromatic carbocycles. The van der Waals surface area contributed by atoms with Gasteiger partial charge < -0.3 is 15.1 Å². The van der Waals surface area contributed by atoms with E-state index in [1.54, 1.807) is 12.1 Å². The molecule has 1 N–H and O–H groups in total. The van der Waals surface area contributed by atoms with E-state index >= 15 is 0 Å². The highest BCUT2D eigenvalue weighted by Gasteiger charge is 2.23. The average molecular weight is 454 g/mol. The van der Waals surface area contributed by atoms with Gasteiger partial charge in [-0.25, -0.2) is 0 Å². The third-order valence-electron chi connectivity index (χ3n) is 4.34. The topological polar surface area (TPSA) is 78.4 Å². The Hall–Kier alpha value is -1.84. The lowest BCUT2D eigenvalue weighted by Crippen LogP contribution is -2.49. The number of aromatic nitrogens is 2. The van der Waals surface area contributed by atoms with Gasteiger partial charge in [0, 0.05) is 37.2 Å². The number of thioether (sulfide) groups is 1. The summed E-state index contributed by atoms with van der Waals surface area (Å²) < 4.78 is 0.778.